The van der Waals surface area contributed by atoms with Crippen LogP contribution in [0.5, 0.6) is 0 Å². The Bertz CT molecular complexity index is 1410. The van der Waals surface area contributed by atoms with E-state index in [1.807, 2.05) is 5.38 Å². The molecular formula is C25H20FN3O4S. The normalized spacial score (nSPS) is 43.1. The minimum Gasteiger partial charge on any atom is -0.481 e. The number of carboxylic acids is 1. The van der Waals surface area contributed by atoms with E-state index in [4.69, 9.17) is 9.73 Å². The molecule has 1 spiro atoms. The Kier molecular flexibility index (Phi) is 3.07. The van der Waals surface area contributed by atoms with Crippen LogP contribution in [0.3, 0.4) is 0 Å². The van der Waals surface area contributed by atoms with Crippen molar-refractivity contribution < 1.29 is 23.8 Å². The third kappa shape index (κ3) is 1.54. The summed E-state index contributed by atoms with van der Waals surface area (Å²) in [6, 6.07) is 3.80. The number of amidine groups is 1. The molecule has 7 nitrogen and oxygen atoms in total. The maximum Gasteiger partial charge on any atom is 0.338 e. The summed E-state index contributed by atoms with van der Waals surface area (Å²) in [4.78, 5) is 34.9. The first-order valence-corrected chi connectivity index (χ1v) is 12.3. The molecule has 0 amide bonds. The molecule has 6 aliphatic rings. The highest BCUT2D eigenvalue weighted by Gasteiger charge is 3.24. The summed E-state index contributed by atoms with van der Waals surface area (Å²) in [5, 5.41) is 16.1. The third-order valence-electron chi connectivity index (χ3n) is 10.0. The van der Waals surface area contributed by atoms with Gasteiger partial charge in [-0.3, -0.25) is 9.79 Å². The molecule has 0 saturated heterocycles. The van der Waals surface area contributed by atoms with Crippen LogP contribution in [0.1, 0.15) is 28.6 Å². The molecule has 1 aromatic heterocycles. The largest absolute Gasteiger partial charge is 0.481 e. The summed E-state index contributed by atoms with van der Waals surface area (Å²) in [5.41, 5.74) is 1.42. The molecule has 2 heterocycles. The van der Waals surface area contributed by atoms with E-state index in [1.54, 1.807) is 19.2 Å². The number of ether oxygens (including phenoxy) is 1. The van der Waals surface area contributed by atoms with Crippen LogP contribution in [0, 0.1) is 52.7 Å². The maximum atomic E-state index is 13.9. The summed E-state index contributed by atoms with van der Waals surface area (Å²) in [6.07, 6.45) is 2.71. The van der Waals surface area contributed by atoms with Gasteiger partial charge in [-0.2, -0.15) is 0 Å². The van der Waals surface area contributed by atoms with Crippen LogP contribution >= 0.6 is 11.3 Å². The van der Waals surface area contributed by atoms with Crippen LogP contribution in [-0.4, -0.2) is 35.0 Å². The summed E-state index contributed by atoms with van der Waals surface area (Å²) in [6.45, 7) is 1.80. The number of aliphatic carboxylic acids is 1. The number of nitrogens with one attached hydrogen (secondary N) is 1. The van der Waals surface area contributed by atoms with Gasteiger partial charge >= 0.3 is 11.9 Å². The van der Waals surface area contributed by atoms with E-state index in [-0.39, 0.29) is 40.3 Å². The van der Waals surface area contributed by atoms with Crippen LogP contribution in [0.15, 0.2) is 46.0 Å². The fourth-order valence-corrected chi connectivity index (χ4v) is 9.92. The number of fused-ring (bicyclic) bond motifs is 4. The predicted octanol–water partition coefficient (Wildman–Crippen LogP) is 3.08. The molecule has 5 fully saturated rings. The lowest BCUT2D eigenvalue weighted by atomic mass is 9.24. The van der Waals surface area contributed by atoms with Gasteiger partial charge in [-0.25, -0.2) is 14.2 Å². The minimum absolute atomic E-state index is 0.217. The number of hydrogen-bond donors (Lipinski definition) is 2. The molecule has 4 unspecified atom stereocenters. The monoisotopic (exact) mass is 477 g/mol. The molecule has 172 valence electrons. The number of thiazole rings is 1. The molecule has 2 aromatic rings. The molecule has 8 rings (SSSR count). The lowest BCUT2D eigenvalue weighted by molar-refractivity contribution is -0.300. The van der Waals surface area contributed by atoms with Crippen molar-refractivity contribution in [3.05, 3.63) is 63.0 Å². The number of carbonyl (C=O) groups excluding carboxylic acids is 1. The molecule has 0 bridgehead atoms. The Morgan fingerprint density at radius 3 is 2.65 bits per heavy atom. The van der Waals surface area contributed by atoms with Gasteiger partial charge in [0.1, 0.15) is 11.9 Å². The Labute approximate surface area is 197 Å². The smallest absolute Gasteiger partial charge is 0.338 e. The number of carboxylic acid groups (broad SMARTS) is 1. The van der Waals surface area contributed by atoms with Gasteiger partial charge < -0.3 is 15.2 Å². The molecular weight excluding hydrogens is 457 g/mol. The zero-order chi connectivity index (χ0) is 23.4. The molecule has 34 heavy (non-hydrogen) atoms. The van der Waals surface area contributed by atoms with Crippen molar-refractivity contribution in [3.63, 3.8) is 0 Å². The lowest BCUT2D eigenvalue weighted by Crippen LogP contribution is -2.78. The number of allylic oxidation sites excluding steroid dienone is 1. The number of nitrogens with zero attached hydrogens (tertiary/aromatic N) is 2. The Morgan fingerprint density at radius 1 is 1.29 bits per heavy atom. The first kappa shape index (κ1) is 19.3. The Balaban J connectivity index is 1.35. The molecule has 5 saturated carbocycles. The Morgan fingerprint density at radius 2 is 2.06 bits per heavy atom. The van der Waals surface area contributed by atoms with Gasteiger partial charge in [0.05, 0.1) is 18.1 Å². The van der Waals surface area contributed by atoms with Gasteiger partial charge in [-0.1, -0.05) is 6.07 Å². The van der Waals surface area contributed by atoms with E-state index in [0.717, 1.165) is 17.7 Å². The van der Waals surface area contributed by atoms with Crippen molar-refractivity contribution in [1.29, 1.82) is 0 Å². The fourth-order valence-electron chi connectivity index (χ4n) is 9.34. The first-order valence-electron chi connectivity index (χ1n) is 11.5. The van der Waals surface area contributed by atoms with E-state index < -0.39 is 23.4 Å². The number of hydrogen-bond acceptors (Lipinski definition) is 7. The summed E-state index contributed by atoms with van der Waals surface area (Å²) in [7, 11) is 1.35. The van der Waals surface area contributed by atoms with Gasteiger partial charge in [-0.05, 0) is 60.3 Å². The van der Waals surface area contributed by atoms with Gasteiger partial charge in [-0.15, -0.1) is 11.3 Å². The number of aromatic nitrogens is 1. The number of methoxy groups -OCH3 is 1. The second-order valence-electron chi connectivity index (χ2n) is 10.4. The highest BCUT2D eigenvalue weighted by atomic mass is 32.1. The predicted molar refractivity (Wildman–Crippen MR) is 118 cm³/mol. The van der Waals surface area contributed by atoms with Crippen LogP contribution in [-0.2, 0) is 14.3 Å². The number of rotatable bonds is 5. The zero-order valence-electron chi connectivity index (χ0n) is 18.3. The molecule has 1 aromatic carbocycles. The van der Waals surface area contributed by atoms with E-state index in [0.29, 0.717) is 22.0 Å². The molecule has 9 heteroatoms. The highest BCUT2D eigenvalue weighted by molar-refractivity contribution is 7.11. The van der Waals surface area contributed by atoms with Crippen molar-refractivity contribution in [2.24, 2.45) is 44.9 Å². The number of carbonyl (C=O) groups is 2. The summed E-state index contributed by atoms with van der Waals surface area (Å²) >= 11 is 1.44. The topological polar surface area (TPSA) is 101 Å². The van der Waals surface area contributed by atoms with E-state index in [2.05, 4.69) is 10.3 Å². The van der Waals surface area contributed by atoms with Gasteiger partial charge in [0.2, 0.25) is 0 Å². The maximum absolute atomic E-state index is 13.9. The SMILES string of the molecule is COC(=O)C1=C(C23C4CC2C2C5(C(=O)O)C4C235)NC(c2nccs2)=N[C@H]1c1ccc(F)cc1C. The number of aryl methyl sites for hydroxylation is 1. The van der Waals surface area contributed by atoms with Crippen LogP contribution in [0.25, 0.3) is 0 Å². The van der Waals surface area contributed by atoms with Crippen LogP contribution in [0.4, 0.5) is 4.39 Å². The van der Waals surface area contributed by atoms with E-state index >= 15 is 0 Å². The number of halogens is 1. The zero-order valence-corrected chi connectivity index (χ0v) is 19.1. The van der Waals surface area contributed by atoms with Crippen molar-refractivity contribution in [1.82, 2.24) is 10.3 Å². The summed E-state index contributed by atoms with van der Waals surface area (Å²) < 4.78 is 19.2. The van der Waals surface area contributed by atoms with Crippen molar-refractivity contribution in [2.75, 3.05) is 7.11 Å². The van der Waals surface area contributed by atoms with Crippen molar-refractivity contribution in [2.45, 2.75) is 19.4 Å². The van der Waals surface area contributed by atoms with Crippen molar-refractivity contribution >= 4 is 29.1 Å². The molecule has 5 aliphatic carbocycles. The van der Waals surface area contributed by atoms with Crippen LogP contribution < -0.4 is 5.32 Å². The summed E-state index contributed by atoms with van der Waals surface area (Å²) in [5.74, 6) is -0.0243. The average molecular weight is 478 g/mol. The standard InChI is InChI=1S/C25H20FN3O4S/c1-9-7-10(26)3-4-11(9)15-14(21(30)33-2)18(29-19(28-15)20-27-5-6-34-20)23-12-8-13(23)17-24(22(31)32)16(12)25(17,23)24/h3-7,12-13,15-17H,8H2,1-2H3,(H,28,29)(H,31,32)/t12?,13?,15-,16?,17?,23?,24?,25?/m0/s1. The molecule has 1 aliphatic heterocycles. The molecule has 0 radical (unpaired) electrons. The lowest BCUT2D eigenvalue weighted by Gasteiger charge is -2.79. The average Bonchev–Trinajstić information content (AvgIpc) is 3.49. The van der Waals surface area contributed by atoms with Gasteiger partial charge in [0.15, 0.2) is 10.8 Å². The number of esters is 1. The van der Waals surface area contributed by atoms with E-state index in [1.165, 1.54) is 30.6 Å². The van der Waals surface area contributed by atoms with Gasteiger partial charge in [0, 0.05) is 28.1 Å². The Hall–Kier alpha value is -3.07. The van der Waals surface area contributed by atoms with Crippen LogP contribution in [0.2, 0.25) is 0 Å². The number of benzene rings is 1. The fraction of sp³-hybridized carbons (Fsp3) is 0.440. The van der Waals surface area contributed by atoms with Gasteiger partial charge in [0.25, 0.3) is 0 Å². The molecule has 5 atom stereocenters. The second kappa shape index (κ2) is 5.43. The first-order chi connectivity index (χ1) is 16.4. The third-order valence-corrected chi connectivity index (χ3v) is 10.8. The molecule has 2 N–H and O–H groups in total. The quantitative estimate of drug-likeness (QED) is 0.642. The second-order valence-corrected chi connectivity index (χ2v) is 11.3. The van der Waals surface area contributed by atoms with E-state index in [9.17, 15) is 19.1 Å². The highest BCUT2D eigenvalue weighted by Crippen LogP contribution is 3.22. The number of aliphatic imine (C=N–C) groups is 1. The van der Waals surface area contributed by atoms with Crippen molar-refractivity contribution in [3.8, 4) is 0 Å². The minimum atomic E-state index is -0.691.